The van der Waals surface area contributed by atoms with E-state index in [1.807, 2.05) is 25.1 Å². The molecule has 0 radical (unpaired) electrons. The normalized spacial score (nSPS) is 11.8. The highest BCUT2D eigenvalue weighted by Gasteiger charge is 2.06. The fourth-order valence-corrected chi connectivity index (χ4v) is 1.63. The van der Waals surface area contributed by atoms with Crippen LogP contribution in [0.5, 0.6) is 11.5 Å². The van der Waals surface area contributed by atoms with E-state index in [2.05, 4.69) is 38.2 Å². The minimum atomic E-state index is 0.140. The summed E-state index contributed by atoms with van der Waals surface area (Å²) in [6.45, 7) is 9.91. The third-order valence-corrected chi connectivity index (χ3v) is 2.55. The number of methoxy groups -OCH3 is 1. The van der Waals surface area contributed by atoms with Crippen LogP contribution in [-0.4, -0.2) is 25.8 Å². The van der Waals surface area contributed by atoms with E-state index < -0.39 is 0 Å². The maximum absolute atomic E-state index is 5.55. The zero-order chi connectivity index (χ0) is 14.3. The standard InChI is InChI=1S/C16H25NO2/c1-6-19-15-12-13(9-10-14(15)18-5)8-7-11-17-16(2,3)4/h7-10,12,17H,6,11H2,1-5H3. The molecule has 1 N–H and O–H groups in total. The number of hydrogen-bond acceptors (Lipinski definition) is 3. The number of ether oxygens (including phenoxy) is 2. The van der Waals surface area contributed by atoms with Crippen molar-refractivity contribution in [2.45, 2.75) is 33.2 Å². The van der Waals surface area contributed by atoms with Crippen molar-refractivity contribution in [1.29, 1.82) is 0 Å². The largest absolute Gasteiger partial charge is 0.493 e. The molecule has 1 aromatic carbocycles. The van der Waals surface area contributed by atoms with Crippen LogP contribution in [0.1, 0.15) is 33.3 Å². The summed E-state index contributed by atoms with van der Waals surface area (Å²) in [7, 11) is 1.65. The predicted molar refractivity (Wildman–Crippen MR) is 81.0 cm³/mol. The molecule has 0 spiro atoms. The lowest BCUT2D eigenvalue weighted by Crippen LogP contribution is -2.35. The SMILES string of the molecule is CCOc1cc(C=CCNC(C)(C)C)ccc1OC. The monoisotopic (exact) mass is 263 g/mol. The molecule has 0 saturated carbocycles. The van der Waals surface area contributed by atoms with Gasteiger partial charge in [-0.1, -0.05) is 18.2 Å². The minimum Gasteiger partial charge on any atom is -0.493 e. The summed E-state index contributed by atoms with van der Waals surface area (Å²) < 4.78 is 10.8. The molecule has 19 heavy (non-hydrogen) atoms. The van der Waals surface area contributed by atoms with Gasteiger partial charge in [-0.3, -0.25) is 0 Å². The van der Waals surface area contributed by atoms with Crippen LogP contribution in [0, 0.1) is 0 Å². The van der Waals surface area contributed by atoms with E-state index in [4.69, 9.17) is 9.47 Å². The van der Waals surface area contributed by atoms with Gasteiger partial charge in [0.15, 0.2) is 11.5 Å². The van der Waals surface area contributed by atoms with Crippen LogP contribution in [0.4, 0.5) is 0 Å². The van der Waals surface area contributed by atoms with Gasteiger partial charge in [-0.15, -0.1) is 0 Å². The second kappa shape index (κ2) is 7.19. The molecule has 0 fully saturated rings. The van der Waals surface area contributed by atoms with Crippen molar-refractivity contribution < 1.29 is 9.47 Å². The van der Waals surface area contributed by atoms with E-state index in [-0.39, 0.29) is 5.54 Å². The van der Waals surface area contributed by atoms with Gasteiger partial charge in [-0.2, -0.15) is 0 Å². The van der Waals surface area contributed by atoms with Gasteiger partial charge in [0.2, 0.25) is 0 Å². The summed E-state index contributed by atoms with van der Waals surface area (Å²) in [6.07, 6.45) is 4.20. The van der Waals surface area contributed by atoms with Crippen molar-refractivity contribution in [3.05, 3.63) is 29.8 Å². The van der Waals surface area contributed by atoms with Crippen LogP contribution in [0.15, 0.2) is 24.3 Å². The van der Waals surface area contributed by atoms with Gasteiger partial charge in [0, 0.05) is 12.1 Å². The molecule has 0 aliphatic carbocycles. The van der Waals surface area contributed by atoms with Gasteiger partial charge < -0.3 is 14.8 Å². The molecule has 1 aromatic rings. The Labute approximate surface area is 116 Å². The smallest absolute Gasteiger partial charge is 0.161 e. The highest BCUT2D eigenvalue weighted by atomic mass is 16.5. The van der Waals surface area contributed by atoms with Crippen LogP contribution in [-0.2, 0) is 0 Å². The zero-order valence-corrected chi connectivity index (χ0v) is 12.6. The Morgan fingerprint density at radius 1 is 1.21 bits per heavy atom. The molecule has 3 nitrogen and oxygen atoms in total. The van der Waals surface area contributed by atoms with Gasteiger partial charge in [0.05, 0.1) is 13.7 Å². The summed E-state index contributed by atoms with van der Waals surface area (Å²) >= 11 is 0. The highest BCUT2D eigenvalue weighted by Crippen LogP contribution is 2.28. The lowest BCUT2D eigenvalue weighted by Gasteiger charge is -2.18. The Balaban J connectivity index is 2.68. The first-order valence-corrected chi connectivity index (χ1v) is 6.68. The average Bonchev–Trinajstić information content (AvgIpc) is 2.34. The van der Waals surface area contributed by atoms with E-state index in [1.165, 1.54) is 0 Å². The zero-order valence-electron chi connectivity index (χ0n) is 12.6. The number of nitrogens with one attached hydrogen (secondary N) is 1. The van der Waals surface area contributed by atoms with Gasteiger partial charge in [-0.05, 0) is 45.4 Å². The molecule has 0 aromatic heterocycles. The molecule has 0 atom stereocenters. The topological polar surface area (TPSA) is 30.5 Å². The van der Waals surface area contributed by atoms with Gasteiger partial charge in [0.25, 0.3) is 0 Å². The molecule has 0 aliphatic heterocycles. The summed E-state index contributed by atoms with van der Waals surface area (Å²) in [5.74, 6) is 1.56. The van der Waals surface area contributed by atoms with Crippen LogP contribution >= 0.6 is 0 Å². The Morgan fingerprint density at radius 3 is 2.53 bits per heavy atom. The van der Waals surface area contributed by atoms with E-state index in [0.29, 0.717) is 6.61 Å². The predicted octanol–water partition coefficient (Wildman–Crippen LogP) is 3.50. The fraction of sp³-hybridized carbons (Fsp3) is 0.500. The third-order valence-electron chi connectivity index (χ3n) is 2.55. The highest BCUT2D eigenvalue weighted by molar-refractivity contribution is 5.56. The molecule has 0 unspecified atom stereocenters. The second-order valence-electron chi connectivity index (χ2n) is 5.38. The third kappa shape index (κ3) is 5.79. The number of rotatable bonds is 6. The van der Waals surface area contributed by atoms with Gasteiger partial charge in [-0.25, -0.2) is 0 Å². The lowest BCUT2D eigenvalue weighted by molar-refractivity contribution is 0.311. The van der Waals surface area contributed by atoms with Crippen molar-refractivity contribution in [3.8, 4) is 11.5 Å². The van der Waals surface area contributed by atoms with E-state index in [1.54, 1.807) is 7.11 Å². The van der Waals surface area contributed by atoms with E-state index in [9.17, 15) is 0 Å². The maximum Gasteiger partial charge on any atom is 0.161 e. The van der Waals surface area contributed by atoms with Crippen LogP contribution < -0.4 is 14.8 Å². The van der Waals surface area contributed by atoms with Crippen molar-refractivity contribution in [3.63, 3.8) is 0 Å². The summed E-state index contributed by atoms with van der Waals surface area (Å²) in [4.78, 5) is 0. The molecule has 0 aliphatic rings. The van der Waals surface area contributed by atoms with Crippen molar-refractivity contribution in [2.24, 2.45) is 0 Å². The van der Waals surface area contributed by atoms with Gasteiger partial charge >= 0.3 is 0 Å². The van der Waals surface area contributed by atoms with E-state index in [0.717, 1.165) is 23.6 Å². The molecule has 0 amide bonds. The molecule has 0 bridgehead atoms. The lowest BCUT2D eigenvalue weighted by atomic mass is 10.1. The molecule has 0 heterocycles. The summed E-state index contributed by atoms with van der Waals surface area (Å²) in [5, 5.41) is 3.41. The Hall–Kier alpha value is -1.48. The first-order valence-electron chi connectivity index (χ1n) is 6.68. The first-order chi connectivity index (χ1) is 8.96. The second-order valence-corrected chi connectivity index (χ2v) is 5.38. The molecule has 106 valence electrons. The van der Waals surface area contributed by atoms with Crippen molar-refractivity contribution >= 4 is 6.08 Å². The van der Waals surface area contributed by atoms with Crippen LogP contribution in [0.25, 0.3) is 6.08 Å². The van der Waals surface area contributed by atoms with Crippen LogP contribution in [0.3, 0.4) is 0 Å². The van der Waals surface area contributed by atoms with Gasteiger partial charge in [0.1, 0.15) is 0 Å². The number of benzene rings is 1. The summed E-state index contributed by atoms with van der Waals surface area (Å²) in [5.41, 5.74) is 1.25. The molecular weight excluding hydrogens is 238 g/mol. The Bertz CT molecular complexity index is 419. The minimum absolute atomic E-state index is 0.140. The average molecular weight is 263 g/mol. The van der Waals surface area contributed by atoms with E-state index >= 15 is 0 Å². The molecule has 3 heteroatoms. The Morgan fingerprint density at radius 2 is 1.95 bits per heavy atom. The summed E-state index contributed by atoms with van der Waals surface area (Å²) in [6, 6.07) is 5.95. The molecule has 0 saturated heterocycles. The number of hydrogen-bond donors (Lipinski definition) is 1. The van der Waals surface area contributed by atoms with Crippen molar-refractivity contribution in [1.82, 2.24) is 5.32 Å². The first kappa shape index (κ1) is 15.6. The van der Waals surface area contributed by atoms with Crippen molar-refractivity contribution in [2.75, 3.05) is 20.3 Å². The molecule has 1 rings (SSSR count). The quantitative estimate of drug-likeness (QED) is 0.852. The molecular formula is C16H25NO2. The maximum atomic E-state index is 5.55. The Kier molecular flexibility index (Phi) is 5.90. The fourth-order valence-electron chi connectivity index (χ4n) is 1.63. The van der Waals surface area contributed by atoms with Crippen LogP contribution in [0.2, 0.25) is 0 Å².